The van der Waals surface area contributed by atoms with Crippen molar-refractivity contribution in [2.45, 2.75) is 19.0 Å². The largest absolute Gasteiger partial charge is 0.370 e. The van der Waals surface area contributed by atoms with Crippen LogP contribution in [0.3, 0.4) is 0 Å². The van der Waals surface area contributed by atoms with Crippen LogP contribution in [0.4, 0.5) is 10.1 Å². The molecule has 2 nitrogen and oxygen atoms in total. The summed E-state index contributed by atoms with van der Waals surface area (Å²) < 4.78 is 12.8. The van der Waals surface area contributed by atoms with Crippen molar-refractivity contribution in [2.24, 2.45) is 0 Å². The molecule has 2 rings (SSSR count). The Balaban J connectivity index is 2.05. The Labute approximate surface area is 87.5 Å². The zero-order chi connectivity index (χ0) is 9.97. The van der Waals surface area contributed by atoms with E-state index in [0.29, 0.717) is 0 Å². The van der Waals surface area contributed by atoms with Crippen molar-refractivity contribution in [3.8, 4) is 0 Å². The third kappa shape index (κ3) is 2.16. The molecule has 0 radical (unpaired) electrons. The third-order valence-electron chi connectivity index (χ3n) is 2.32. The average Bonchev–Trinajstić information content (AvgIpc) is 2.64. The first-order valence-corrected chi connectivity index (χ1v) is 5.08. The van der Waals surface area contributed by atoms with Gasteiger partial charge in [-0.2, -0.15) is 0 Å². The van der Waals surface area contributed by atoms with Crippen LogP contribution >= 0.6 is 11.6 Å². The van der Waals surface area contributed by atoms with E-state index in [-0.39, 0.29) is 17.0 Å². The Hall–Kier alpha value is -0.800. The lowest BCUT2D eigenvalue weighted by molar-refractivity contribution is 0.627. The summed E-state index contributed by atoms with van der Waals surface area (Å²) in [5, 5.41) is 6.70. The summed E-state index contributed by atoms with van der Waals surface area (Å²) >= 11 is 5.66. The SMILES string of the molecule is Fc1ccc(NC2CCCN2)cc1Cl. The zero-order valence-corrected chi connectivity index (χ0v) is 8.44. The normalized spacial score (nSPS) is 21.1. The second kappa shape index (κ2) is 4.15. The first-order valence-electron chi connectivity index (χ1n) is 4.71. The average molecular weight is 215 g/mol. The fraction of sp³-hybridized carbons (Fsp3) is 0.400. The highest BCUT2D eigenvalue weighted by Gasteiger charge is 2.13. The maximum Gasteiger partial charge on any atom is 0.141 e. The summed E-state index contributed by atoms with van der Waals surface area (Å²) in [7, 11) is 0. The molecule has 1 saturated heterocycles. The van der Waals surface area contributed by atoms with Crippen LogP contribution in [0.25, 0.3) is 0 Å². The van der Waals surface area contributed by atoms with E-state index < -0.39 is 0 Å². The van der Waals surface area contributed by atoms with Gasteiger partial charge in [0.25, 0.3) is 0 Å². The van der Waals surface area contributed by atoms with Gasteiger partial charge in [-0.25, -0.2) is 4.39 Å². The molecule has 0 aliphatic carbocycles. The predicted molar refractivity (Wildman–Crippen MR) is 56.1 cm³/mol. The number of benzene rings is 1. The Morgan fingerprint density at radius 2 is 2.36 bits per heavy atom. The highest BCUT2D eigenvalue weighted by Crippen LogP contribution is 2.20. The van der Waals surface area contributed by atoms with Gasteiger partial charge in [-0.15, -0.1) is 0 Å². The van der Waals surface area contributed by atoms with E-state index in [4.69, 9.17) is 11.6 Å². The monoisotopic (exact) mass is 214 g/mol. The second-order valence-corrected chi connectivity index (χ2v) is 3.83. The van der Waals surface area contributed by atoms with E-state index in [1.165, 1.54) is 12.5 Å². The van der Waals surface area contributed by atoms with Gasteiger partial charge in [0.05, 0.1) is 11.2 Å². The fourth-order valence-corrected chi connectivity index (χ4v) is 1.78. The highest BCUT2D eigenvalue weighted by atomic mass is 35.5. The van der Waals surface area contributed by atoms with Crippen LogP contribution in [0.1, 0.15) is 12.8 Å². The first-order chi connectivity index (χ1) is 6.75. The van der Waals surface area contributed by atoms with Crippen molar-refractivity contribution in [1.82, 2.24) is 5.32 Å². The summed E-state index contributed by atoms with van der Waals surface area (Å²) in [6.07, 6.45) is 2.55. The van der Waals surface area contributed by atoms with Crippen molar-refractivity contribution in [2.75, 3.05) is 11.9 Å². The van der Waals surface area contributed by atoms with Gasteiger partial charge < -0.3 is 5.32 Å². The molecule has 1 aliphatic rings. The van der Waals surface area contributed by atoms with E-state index in [1.807, 2.05) is 0 Å². The lowest BCUT2D eigenvalue weighted by atomic mass is 10.3. The lowest BCUT2D eigenvalue weighted by Gasteiger charge is -2.14. The summed E-state index contributed by atoms with van der Waals surface area (Å²) in [5.41, 5.74) is 0.857. The maximum atomic E-state index is 12.8. The number of halogens is 2. The molecule has 0 bridgehead atoms. The van der Waals surface area contributed by atoms with Crippen molar-refractivity contribution < 1.29 is 4.39 Å². The van der Waals surface area contributed by atoms with Crippen LogP contribution in [0, 0.1) is 5.82 Å². The lowest BCUT2D eigenvalue weighted by Crippen LogP contribution is -2.29. The van der Waals surface area contributed by atoms with Crippen molar-refractivity contribution in [3.63, 3.8) is 0 Å². The van der Waals surface area contributed by atoms with Crippen molar-refractivity contribution >= 4 is 17.3 Å². The molecule has 2 N–H and O–H groups in total. The summed E-state index contributed by atoms with van der Waals surface area (Å²) in [5.74, 6) is -0.378. The molecule has 14 heavy (non-hydrogen) atoms. The van der Waals surface area contributed by atoms with Crippen molar-refractivity contribution in [3.05, 3.63) is 29.0 Å². The summed E-state index contributed by atoms with van der Waals surface area (Å²) in [6.45, 7) is 1.03. The number of hydrogen-bond donors (Lipinski definition) is 2. The zero-order valence-electron chi connectivity index (χ0n) is 7.69. The Morgan fingerprint density at radius 1 is 1.50 bits per heavy atom. The van der Waals surface area contributed by atoms with Gasteiger partial charge in [-0.1, -0.05) is 11.6 Å². The van der Waals surface area contributed by atoms with Gasteiger partial charge in [0.2, 0.25) is 0 Å². The minimum atomic E-state index is -0.378. The Kier molecular flexibility index (Phi) is 2.89. The fourth-order valence-electron chi connectivity index (χ4n) is 1.59. The molecular weight excluding hydrogens is 203 g/mol. The molecule has 0 aromatic heterocycles. The smallest absolute Gasteiger partial charge is 0.141 e. The van der Waals surface area contributed by atoms with Crippen molar-refractivity contribution in [1.29, 1.82) is 0 Å². The predicted octanol–water partition coefficient (Wildman–Crippen LogP) is 2.60. The molecule has 1 unspecified atom stereocenters. The van der Waals surface area contributed by atoms with Crippen LogP contribution in [0.5, 0.6) is 0 Å². The molecule has 1 aromatic rings. The van der Waals surface area contributed by atoms with Crippen LogP contribution < -0.4 is 10.6 Å². The van der Waals surface area contributed by atoms with Gasteiger partial charge >= 0.3 is 0 Å². The van der Waals surface area contributed by atoms with E-state index in [9.17, 15) is 4.39 Å². The topological polar surface area (TPSA) is 24.1 Å². The standard InChI is InChI=1S/C10H12ClFN2/c11-8-6-7(3-4-9(8)12)14-10-2-1-5-13-10/h3-4,6,10,13-14H,1-2,5H2. The molecule has 1 heterocycles. The Morgan fingerprint density at radius 3 is 3.00 bits per heavy atom. The van der Waals surface area contributed by atoms with Crippen LogP contribution in [-0.4, -0.2) is 12.7 Å². The molecule has 4 heteroatoms. The molecule has 76 valence electrons. The number of hydrogen-bond acceptors (Lipinski definition) is 2. The van der Waals surface area contributed by atoms with Gasteiger partial charge in [0.15, 0.2) is 0 Å². The van der Waals surface area contributed by atoms with Gasteiger partial charge in [-0.05, 0) is 37.6 Å². The summed E-state index contributed by atoms with van der Waals surface area (Å²) in [4.78, 5) is 0. The van der Waals surface area contributed by atoms with E-state index >= 15 is 0 Å². The Bertz CT molecular complexity index is 324. The van der Waals surface area contributed by atoms with Crippen LogP contribution in [0.15, 0.2) is 18.2 Å². The second-order valence-electron chi connectivity index (χ2n) is 3.42. The first kappa shape index (κ1) is 9.74. The van der Waals surface area contributed by atoms with Gasteiger partial charge in [-0.3, -0.25) is 5.32 Å². The number of anilines is 1. The molecule has 0 amide bonds. The number of nitrogens with one attached hydrogen (secondary N) is 2. The van der Waals surface area contributed by atoms with Gasteiger partial charge in [0, 0.05) is 5.69 Å². The van der Waals surface area contributed by atoms with Crippen LogP contribution in [0.2, 0.25) is 5.02 Å². The molecular formula is C10H12ClFN2. The molecule has 1 atom stereocenters. The van der Waals surface area contributed by atoms with Gasteiger partial charge in [0.1, 0.15) is 5.82 Å². The van der Waals surface area contributed by atoms with E-state index in [1.54, 1.807) is 12.1 Å². The molecule has 0 spiro atoms. The van der Waals surface area contributed by atoms with Crippen LogP contribution in [-0.2, 0) is 0 Å². The molecule has 1 aromatic carbocycles. The number of rotatable bonds is 2. The van der Waals surface area contributed by atoms with E-state index in [2.05, 4.69) is 10.6 Å². The third-order valence-corrected chi connectivity index (χ3v) is 2.61. The molecule has 1 fully saturated rings. The minimum Gasteiger partial charge on any atom is -0.370 e. The highest BCUT2D eigenvalue weighted by molar-refractivity contribution is 6.31. The molecule has 0 saturated carbocycles. The maximum absolute atomic E-state index is 12.8. The quantitative estimate of drug-likeness (QED) is 0.791. The minimum absolute atomic E-state index is 0.160. The molecule has 1 aliphatic heterocycles. The summed E-state index contributed by atoms with van der Waals surface area (Å²) in [6, 6.07) is 4.68. The van der Waals surface area contributed by atoms with E-state index in [0.717, 1.165) is 18.7 Å².